The van der Waals surface area contributed by atoms with Crippen LogP contribution in [0.4, 0.5) is 5.69 Å². The van der Waals surface area contributed by atoms with E-state index >= 15 is 0 Å². The number of amides is 1. The maximum absolute atomic E-state index is 12.9. The Kier molecular flexibility index (Phi) is 6.05. The van der Waals surface area contributed by atoms with Crippen LogP contribution < -0.4 is 9.64 Å². The van der Waals surface area contributed by atoms with Gasteiger partial charge in [-0.05, 0) is 61.9 Å². The normalized spacial score (nSPS) is 16.0. The lowest BCUT2D eigenvalue weighted by atomic mass is 10.1. The first-order valence-electron chi connectivity index (χ1n) is 11.3. The summed E-state index contributed by atoms with van der Waals surface area (Å²) in [6, 6.07) is 23.7. The Labute approximate surface area is 198 Å². The summed E-state index contributed by atoms with van der Waals surface area (Å²) in [7, 11) is 0. The molecule has 2 heterocycles. The maximum atomic E-state index is 12.9. The van der Waals surface area contributed by atoms with Crippen LogP contribution in [-0.4, -0.2) is 28.6 Å². The number of aromatic nitrogens is 2. The van der Waals surface area contributed by atoms with Crippen molar-refractivity contribution in [2.45, 2.75) is 32.2 Å². The number of rotatable bonds is 7. The van der Waals surface area contributed by atoms with E-state index in [2.05, 4.69) is 17.6 Å². The number of aryl methyl sites for hydroxylation is 2. The fourth-order valence-electron chi connectivity index (χ4n) is 4.44. The Balaban J connectivity index is 1.34. The Hall–Kier alpha value is -3.31. The number of carbonyl (C=O) groups is 1. The molecule has 1 saturated heterocycles. The number of para-hydroxylation sites is 2. The highest BCUT2D eigenvalue weighted by Gasteiger charge is 2.34. The Bertz CT molecular complexity index is 1270. The van der Waals surface area contributed by atoms with Gasteiger partial charge in [0.25, 0.3) is 0 Å². The van der Waals surface area contributed by atoms with Crippen molar-refractivity contribution in [2.24, 2.45) is 0 Å². The van der Waals surface area contributed by atoms with Gasteiger partial charge in [0.2, 0.25) is 5.91 Å². The number of nitrogens with zero attached hydrogens (tertiary/aromatic N) is 3. The zero-order valence-corrected chi connectivity index (χ0v) is 19.3. The molecule has 0 N–H and O–H groups in total. The lowest BCUT2D eigenvalue weighted by Gasteiger charge is -2.18. The van der Waals surface area contributed by atoms with Crippen LogP contribution in [0.5, 0.6) is 5.75 Å². The van der Waals surface area contributed by atoms with Crippen molar-refractivity contribution >= 4 is 34.2 Å². The van der Waals surface area contributed by atoms with E-state index in [1.54, 1.807) is 0 Å². The van der Waals surface area contributed by atoms with Crippen molar-refractivity contribution in [3.8, 4) is 5.75 Å². The molecule has 1 amide bonds. The molecule has 0 unspecified atom stereocenters. The Morgan fingerprint density at radius 3 is 2.58 bits per heavy atom. The minimum Gasteiger partial charge on any atom is -0.494 e. The third-order valence-electron chi connectivity index (χ3n) is 6.13. The van der Waals surface area contributed by atoms with E-state index < -0.39 is 0 Å². The quantitative estimate of drug-likeness (QED) is 0.319. The molecule has 3 aromatic carbocycles. The number of imidazole rings is 1. The van der Waals surface area contributed by atoms with Crippen LogP contribution in [0.3, 0.4) is 0 Å². The first-order chi connectivity index (χ1) is 16.1. The van der Waals surface area contributed by atoms with Crippen molar-refractivity contribution in [3.63, 3.8) is 0 Å². The summed E-state index contributed by atoms with van der Waals surface area (Å²) >= 11 is 5.95. The molecule has 1 fully saturated rings. The van der Waals surface area contributed by atoms with E-state index in [1.165, 1.54) is 5.56 Å². The number of carbonyl (C=O) groups excluding carboxylic acids is 1. The van der Waals surface area contributed by atoms with Crippen LogP contribution in [0, 0.1) is 6.92 Å². The predicted octanol–water partition coefficient (Wildman–Crippen LogP) is 5.99. The molecule has 5 rings (SSSR count). The van der Waals surface area contributed by atoms with E-state index in [-0.39, 0.29) is 11.8 Å². The number of halogens is 1. The van der Waals surface area contributed by atoms with Gasteiger partial charge in [-0.25, -0.2) is 4.98 Å². The molecule has 6 heteroatoms. The van der Waals surface area contributed by atoms with Crippen molar-refractivity contribution in [1.82, 2.24) is 9.55 Å². The van der Waals surface area contributed by atoms with Crippen molar-refractivity contribution < 1.29 is 9.53 Å². The largest absolute Gasteiger partial charge is 0.494 e. The van der Waals surface area contributed by atoms with Crippen molar-refractivity contribution in [2.75, 3.05) is 18.1 Å². The van der Waals surface area contributed by atoms with Gasteiger partial charge in [-0.2, -0.15) is 0 Å². The summed E-state index contributed by atoms with van der Waals surface area (Å²) in [5.74, 6) is 1.99. The van der Waals surface area contributed by atoms with E-state index in [0.29, 0.717) is 24.6 Å². The molecule has 1 aliphatic heterocycles. The molecular formula is C27H26ClN3O2. The zero-order chi connectivity index (χ0) is 22.8. The summed E-state index contributed by atoms with van der Waals surface area (Å²) in [5.41, 5.74) is 4.20. The topological polar surface area (TPSA) is 47.4 Å². The number of hydrogen-bond donors (Lipinski definition) is 0. The van der Waals surface area contributed by atoms with Crippen LogP contribution in [-0.2, 0) is 11.3 Å². The molecule has 1 atom stereocenters. The van der Waals surface area contributed by atoms with Gasteiger partial charge in [0.1, 0.15) is 11.6 Å². The average molecular weight is 460 g/mol. The molecule has 0 saturated carbocycles. The molecule has 1 aliphatic rings. The molecule has 0 bridgehead atoms. The standard InChI is InChI=1S/C27H26ClN3O2/c1-19-7-11-22(12-8-19)31-18-20(17-26(31)32)27-29-24-5-2-3-6-25(24)30(27)15-4-16-33-23-13-9-21(28)10-14-23/h2-3,5-14,20H,4,15-18H2,1H3/t20-/m0/s1. The smallest absolute Gasteiger partial charge is 0.227 e. The number of ether oxygens (including phenoxy) is 1. The summed E-state index contributed by atoms with van der Waals surface area (Å²) in [4.78, 5) is 19.7. The lowest BCUT2D eigenvalue weighted by molar-refractivity contribution is -0.117. The maximum Gasteiger partial charge on any atom is 0.227 e. The summed E-state index contributed by atoms with van der Waals surface area (Å²) in [6.07, 6.45) is 1.30. The Morgan fingerprint density at radius 1 is 1.03 bits per heavy atom. The first-order valence-corrected chi connectivity index (χ1v) is 11.7. The van der Waals surface area contributed by atoms with E-state index in [0.717, 1.165) is 41.3 Å². The fourth-order valence-corrected chi connectivity index (χ4v) is 4.57. The fraction of sp³-hybridized carbons (Fsp3) is 0.259. The molecular weight excluding hydrogens is 434 g/mol. The molecule has 5 nitrogen and oxygen atoms in total. The molecule has 33 heavy (non-hydrogen) atoms. The van der Waals surface area contributed by atoms with Gasteiger partial charge in [-0.1, -0.05) is 41.4 Å². The van der Waals surface area contributed by atoms with Gasteiger partial charge in [0, 0.05) is 36.1 Å². The summed E-state index contributed by atoms with van der Waals surface area (Å²) in [6.45, 7) is 4.06. The van der Waals surface area contributed by atoms with Gasteiger partial charge in [-0.3, -0.25) is 4.79 Å². The van der Waals surface area contributed by atoms with Gasteiger partial charge < -0.3 is 14.2 Å². The van der Waals surface area contributed by atoms with Crippen LogP contribution in [0.2, 0.25) is 5.02 Å². The van der Waals surface area contributed by atoms with Crippen LogP contribution in [0.25, 0.3) is 11.0 Å². The molecule has 0 radical (unpaired) electrons. The van der Waals surface area contributed by atoms with Crippen molar-refractivity contribution in [3.05, 3.63) is 89.2 Å². The minimum absolute atomic E-state index is 0.0587. The molecule has 168 valence electrons. The van der Waals surface area contributed by atoms with Crippen molar-refractivity contribution in [1.29, 1.82) is 0 Å². The second-order valence-electron chi connectivity index (χ2n) is 8.51. The highest BCUT2D eigenvalue weighted by Crippen LogP contribution is 2.33. The monoisotopic (exact) mass is 459 g/mol. The second kappa shape index (κ2) is 9.28. The average Bonchev–Trinajstić information content (AvgIpc) is 3.39. The third-order valence-corrected chi connectivity index (χ3v) is 6.38. The Morgan fingerprint density at radius 2 is 1.79 bits per heavy atom. The molecule has 4 aromatic rings. The number of hydrogen-bond acceptors (Lipinski definition) is 3. The molecule has 0 spiro atoms. The second-order valence-corrected chi connectivity index (χ2v) is 8.94. The summed E-state index contributed by atoms with van der Waals surface area (Å²) in [5, 5.41) is 0.697. The van der Waals surface area contributed by atoms with E-state index in [1.807, 2.05) is 71.6 Å². The SMILES string of the molecule is Cc1ccc(N2C[C@@H](c3nc4ccccc4n3CCCOc3ccc(Cl)cc3)CC2=O)cc1. The first kappa shape index (κ1) is 21.5. The number of fused-ring (bicyclic) bond motifs is 1. The zero-order valence-electron chi connectivity index (χ0n) is 18.6. The number of benzene rings is 3. The van der Waals surface area contributed by atoms with Gasteiger partial charge in [0.05, 0.1) is 17.6 Å². The van der Waals surface area contributed by atoms with Crippen LogP contribution in [0.15, 0.2) is 72.8 Å². The predicted molar refractivity (Wildman–Crippen MR) is 132 cm³/mol. The van der Waals surface area contributed by atoms with Gasteiger partial charge in [0.15, 0.2) is 0 Å². The van der Waals surface area contributed by atoms with E-state index in [4.69, 9.17) is 21.3 Å². The molecule has 1 aromatic heterocycles. The third kappa shape index (κ3) is 4.60. The van der Waals surface area contributed by atoms with Crippen LogP contribution in [0.1, 0.15) is 30.1 Å². The lowest BCUT2D eigenvalue weighted by Crippen LogP contribution is -2.24. The van der Waals surface area contributed by atoms with Gasteiger partial charge in [-0.15, -0.1) is 0 Å². The highest BCUT2D eigenvalue weighted by atomic mass is 35.5. The minimum atomic E-state index is 0.0587. The van der Waals surface area contributed by atoms with E-state index in [9.17, 15) is 4.79 Å². The summed E-state index contributed by atoms with van der Waals surface area (Å²) < 4.78 is 8.14. The number of anilines is 1. The van der Waals surface area contributed by atoms with Crippen LogP contribution >= 0.6 is 11.6 Å². The highest BCUT2D eigenvalue weighted by molar-refractivity contribution is 6.30. The van der Waals surface area contributed by atoms with Gasteiger partial charge >= 0.3 is 0 Å². The molecule has 0 aliphatic carbocycles.